The zero-order valence-corrected chi connectivity index (χ0v) is 22.1. The second kappa shape index (κ2) is 12.2. The summed E-state index contributed by atoms with van der Waals surface area (Å²) in [5.74, 6) is 0.191. The van der Waals surface area contributed by atoms with E-state index in [9.17, 15) is 9.90 Å². The number of fused-ring (bicyclic) bond motifs is 2. The fraction of sp³-hybridized carbons (Fsp3) is 0.516. The van der Waals surface area contributed by atoms with Crippen LogP contribution in [0, 0.1) is 0 Å². The number of nitrogens with one attached hydrogen (secondary N) is 1. The van der Waals surface area contributed by atoms with Gasteiger partial charge in [-0.05, 0) is 73.1 Å². The van der Waals surface area contributed by atoms with Crippen molar-refractivity contribution in [2.75, 3.05) is 32.7 Å². The van der Waals surface area contributed by atoms with Crippen LogP contribution in [0.2, 0.25) is 0 Å². The Morgan fingerprint density at radius 1 is 0.973 bits per heavy atom. The standard InChI is InChI=1S/C31H42N4O2/c1-2-16-33-19-15-27-10-8-11-28(23-33)35(27)22-26-14-13-25(21-30(26)24-9-7-12-29(36)20-24)31(37)32-34-17-5-3-4-6-18-34/h2,7,9,12-14,20-21,27-28,36H,1,3-6,8,10-11,15-19,22-23H2,(H,32,37). The molecule has 2 bridgehead atoms. The van der Waals surface area contributed by atoms with Crippen molar-refractivity contribution in [1.82, 2.24) is 20.2 Å². The van der Waals surface area contributed by atoms with Crippen LogP contribution in [0.3, 0.4) is 0 Å². The molecule has 198 valence electrons. The van der Waals surface area contributed by atoms with Crippen molar-refractivity contribution in [3.8, 4) is 16.9 Å². The quantitative estimate of drug-likeness (QED) is 0.510. The molecule has 0 spiro atoms. The highest BCUT2D eigenvalue weighted by molar-refractivity contribution is 5.95. The van der Waals surface area contributed by atoms with E-state index in [0.29, 0.717) is 17.6 Å². The molecule has 0 aromatic heterocycles. The van der Waals surface area contributed by atoms with E-state index in [-0.39, 0.29) is 11.7 Å². The maximum atomic E-state index is 13.3. The molecule has 6 nitrogen and oxygen atoms in total. The Morgan fingerprint density at radius 2 is 1.78 bits per heavy atom. The molecular weight excluding hydrogens is 460 g/mol. The van der Waals surface area contributed by atoms with Crippen LogP contribution in [0.25, 0.3) is 11.1 Å². The van der Waals surface area contributed by atoms with Crippen molar-refractivity contribution in [2.24, 2.45) is 0 Å². The first-order valence-corrected chi connectivity index (χ1v) is 14.2. The van der Waals surface area contributed by atoms with Gasteiger partial charge in [0.25, 0.3) is 5.91 Å². The van der Waals surface area contributed by atoms with Gasteiger partial charge in [0, 0.05) is 56.9 Å². The molecule has 3 aliphatic heterocycles. The van der Waals surface area contributed by atoms with Gasteiger partial charge in [-0.25, -0.2) is 5.01 Å². The van der Waals surface area contributed by atoms with Crippen LogP contribution in [0.4, 0.5) is 0 Å². The molecule has 6 heteroatoms. The maximum absolute atomic E-state index is 13.3. The number of hydrazine groups is 1. The second-order valence-corrected chi connectivity index (χ2v) is 11.0. The van der Waals surface area contributed by atoms with Crippen molar-refractivity contribution in [3.05, 3.63) is 66.2 Å². The summed E-state index contributed by atoms with van der Waals surface area (Å²) < 4.78 is 0. The number of amides is 1. The number of hydrogen-bond donors (Lipinski definition) is 2. The summed E-state index contributed by atoms with van der Waals surface area (Å²) in [5.41, 5.74) is 7.01. The van der Waals surface area contributed by atoms with E-state index in [4.69, 9.17) is 0 Å². The number of piperidine rings is 1. The minimum Gasteiger partial charge on any atom is -0.508 e. The van der Waals surface area contributed by atoms with Gasteiger partial charge in [0.15, 0.2) is 0 Å². The molecule has 0 aliphatic carbocycles. The van der Waals surface area contributed by atoms with Crippen molar-refractivity contribution < 1.29 is 9.90 Å². The molecule has 2 atom stereocenters. The Labute approximate surface area is 221 Å². The normalized spacial score (nSPS) is 23.7. The number of phenols is 1. The molecule has 3 aliphatic rings. The largest absolute Gasteiger partial charge is 0.508 e. The molecule has 1 amide bonds. The third-order valence-electron chi connectivity index (χ3n) is 8.40. The minimum absolute atomic E-state index is 0.0541. The van der Waals surface area contributed by atoms with Gasteiger partial charge in [0.05, 0.1) is 0 Å². The van der Waals surface area contributed by atoms with Gasteiger partial charge >= 0.3 is 0 Å². The van der Waals surface area contributed by atoms with Crippen LogP contribution in [0.5, 0.6) is 5.75 Å². The third-order valence-corrected chi connectivity index (χ3v) is 8.40. The summed E-state index contributed by atoms with van der Waals surface area (Å²) in [7, 11) is 0. The predicted molar refractivity (Wildman–Crippen MR) is 149 cm³/mol. The van der Waals surface area contributed by atoms with E-state index in [0.717, 1.165) is 63.2 Å². The number of benzene rings is 2. The summed E-state index contributed by atoms with van der Waals surface area (Å²) in [4.78, 5) is 18.5. The molecule has 5 rings (SSSR count). The van der Waals surface area contributed by atoms with Gasteiger partial charge in [0.2, 0.25) is 0 Å². The first kappa shape index (κ1) is 26.0. The van der Waals surface area contributed by atoms with Gasteiger partial charge in [0.1, 0.15) is 5.75 Å². The lowest BCUT2D eigenvalue weighted by Gasteiger charge is -2.41. The number of hydrogen-bond acceptors (Lipinski definition) is 5. The molecule has 2 N–H and O–H groups in total. The van der Waals surface area contributed by atoms with Crippen LogP contribution < -0.4 is 5.43 Å². The van der Waals surface area contributed by atoms with Gasteiger partial charge in [-0.3, -0.25) is 20.0 Å². The molecule has 2 aromatic rings. The summed E-state index contributed by atoms with van der Waals surface area (Å²) in [6.07, 6.45) is 11.7. The lowest BCUT2D eigenvalue weighted by molar-refractivity contribution is 0.0783. The fourth-order valence-electron chi connectivity index (χ4n) is 6.44. The van der Waals surface area contributed by atoms with E-state index >= 15 is 0 Å². The number of aromatic hydroxyl groups is 1. The highest BCUT2D eigenvalue weighted by Gasteiger charge is 2.34. The number of carbonyl (C=O) groups excluding carboxylic acids is 1. The van der Waals surface area contributed by atoms with Gasteiger partial charge in [-0.2, -0.15) is 0 Å². The number of rotatable bonds is 7. The smallest absolute Gasteiger partial charge is 0.265 e. The highest BCUT2D eigenvalue weighted by Crippen LogP contribution is 2.34. The Bertz CT molecular complexity index is 1080. The molecule has 0 radical (unpaired) electrons. The van der Waals surface area contributed by atoms with E-state index in [2.05, 4.69) is 32.9 Å². The average Bonchev–Trinajstić information content (AvgIpc) is 3.20. The van der Waals surface area contributed by atoms with Gasteiger partial charge in [-0.1, -0.05) is 43.5 Å². The van der Waals surface area contributed by atoms with Crippen molar-refractivity contribution >= 4 is 5.91 Å². The van der Waals surface area contributed by atoms with Crippen LogP contribution in [-0.2, 0) is 6.54 Å². The SMILES string of the molecule is C=CCN1CCC2CCCC(C1)N2Cc1ccc(C(=O)NN2CCCCCC2)cc1-c1cccc(O)c1. The van der Waals surface area contributed by atoms with E-state index in [1.165, 1.54) is 44.1 Å². The maximum Gasteiger partial charge on any atom is 0.265 e. The fourth-order valence-corrected chi connectivity index (χ4v) is 6.44. The van der Waals surface area contributed by atoms with Gasteiger partial charge < -0.3 is 5.11 Å². The van der Waals surface area contributed by atoms with Crippen molar-refractivity contribution in [2.45, 2.75) is 70.0 Å². The van der Waals surface area contributed by atoms with Crippen molar-refractivity contribution in [3.63, 3.8) is 0 Å². The monoisotopic (exact) mass is 502 g/mol. The minimum atomic E-state index is -0.0541. The Hall–Kier alpha value is -2.67. The van der Waals surface area contributed by atoms with E-state index < -0.39 is 0 Å². The van der Waals surface area contributed by atoms with Crippen LogP contribution in [0.1, 0.15) is 67.3 Å². The Kier molecular flexibility index (Phi) is 8.59. The first-order valence-electron chi connectivity index (χ1n) is 14.2. The van der Waals surface area contributed by atoms with Crippen LogP contribution >= 0.6 is 0 Å². The first-order chi connectivity index (χ1) is 18.1. The lowest BCUT2D eigenvalue weighted by atomic mass is 9.91. The summed E-state index contributed by atoms with van der Waals surface area (Å²) in [6.45, 7) is 9.79. The van der Waals surface area contributed by atoms with Gasteiger partial charge in [-0.15, -0.1) is 6.58 Å². The Morgan fingerprint density at radius 3 is 2.57 bits per heavy atom. The molecule has 37 heavy (non-hydrogen) atoms. The number of nitrogens with zero attached hydrogens (tertiary/aromatic N) is 3. The summed E-state index contributed by atoms with van der Waals surface area (Å²) >= 11 is 0. The molecule has 2 aromatic carbocycles. The molecule has 2 unspecified atom stereocenters. The second-order valence-electron chi connectivity index (χ2n) is 11.0. The lowest BCUT2D eigenvalue weighted by Crippen LogP contribution is -2.47. The third kappa shape index (κ3) is 6.43. The highest BCUT2D eigenvalue weighted by atomic mass is 16.3. The predicted octanol–water partition coefficient (Wildman–Crippen LogP) is 5.19. The topological polar surface area (TPSA) is 59.0 Å². The summed E-state index contributed by atoms with van der Waals surface area (Å²) in [6, 6.07) is 14.7. The Balaban J connectivity index is 1.42. The molecule has 3 fully saturated rings. The van der Waals surface area contributed by atoms with Crippen LogP contribution in [-0.4, -0.2) is 70.6 Å². The van der Waals surface area contributed by atoms with E-state index in [1.807, 2.05) is 36.4 Å². The molecule has 0 saturated carbocycles. The zero-order valence-electron chi connectivity index (χ0n) is 22.1. The molecule has 3 saturated heterocycles. The van der Waals surface area contributed by atoms with E-state index in [1.54, 1.807) is 6.07 Å². The summed E-state index contributed by atoms with van der Waals surface area (Å²) in [5, 5.41) is 12.3. The molecule has 3 heterocycles. The average molecular weight is 503 g/mol. The number of phenolic OH excluding ortho intramolecular Hbond substituents is 1. The zero-order chi connectivity index (χ0) is 25.6. The van der Waals surface area contributed by atoms with Crippen LogP contribution in [0.15, 0.2) is 55.1 Å². The van der Waals surface area contributed by atoms with Crippen molar-refractivity contribution in [1.29, 1.82) is 0 Å². The molecular formula is C31H42N4O2. The number of carbonyl (C=O) groups is 1.